The summed E-state index contributed by atoms with van der Waals surface area (Å²) in [4.78, 5) is 16.7. The molecule has 3 aromatic rings. The van der Waals surface area contributed by atoms with Crippen molar-refractivity contribution in [2.45, 2.75) is 27.3 Å². The Bertz CT molecular complexity index is 794. The van der Waals surface area contributed by atoms with Gasteiger partial charge < -0.3 is 4.52 Å². The molecular formula is C13H13N3O2S. The summed E-state index contributed by atoms with van der Waals surface area (Å²) in [6, 6.07) is 0. The van der Waals surface area contributed by atoms with Gasteiger partial charge in [-0.05, 0) is 31.7 Å². The molecule has 0 unspecified atom stereocenters. The van der Waals surface area contributed by atoms with Crippen LogP contribution >= 0.6 is 11.3 Å². The molecule has 0 spiro atoms. The van der Waals surface area contributed by atoms with Crippen LogP contribution in [0.15, 0.2) is 21.0 Å². The van der Waals surface area contributed by atoms with Gasteiger partial charge in [0.05, 0.1) is 24.1 Å². The third-order valence-electron chi connectivity index (χ3n) is 3.23. The SMILES string of the molecule is Cc1noc(C)c1Cn1cnc2c(C)csc2c1=O. The smallest absolute Gasteiger partial charge is 0.271 e. The Kier molecular flexibility index (Phi) is 2.74. The fraction of sp³-hybridized carbons (Fsp3) is 0.308. The van der Waals surface area contributed by atoms with Gasteiger partial charge in [-0.3, -0.25) is 9.36 Å². The summed E-state index contributed by atoms with van der Waals surface area (Å²) in [5.41, 5.74) is 3.58. The molecule has 6 heteroatoms. The van der Waals surface area contributed by atoms with Gasteiger partial charge in [0.2, 0.25) is 0 Å². The molecule has 0 bridgehead atoms. The molecular weight excluding hydrogens is 262 g/mol. The second-order valence-electron chi connectivity index (χ2n) is 4.58. The first-order chi connectivity index (χ1) is 9.08. The first kappa shape index (κ1) is 12.1. The van der Waals surface area contributed by atoms with E-state index >= 15 is 0 Å². The van der Waals surface area contributed by atoms with E-state index in [9.17, 15) is 4.79 Å². The van der Waals surface area contributed by atoms with Gasteiger partial charge in [0.15, 0.2) is 0 Å². The van der Waals surface area contributed by atoms with Gasteiger partial charge >= 0.3 is 0 Å². The summed E-state index contributed by atoms with van der Waals surface area (Å²) in [7, 11) is 0. The van der Waals surface area contributed by atoms with Crippen molar-refractivity contribution in [3.8, 4) is 0 Å². The van der Waals surface area contributed by atoms with Crippen molar-refractivity contribution in [3.63, 3.8) is 0 Å². The van der Waals surface area contributed by atoms with Gasteiger partial charge in [0, 0.05) is 5.56 Å². The molecule has 0 fully saturated rings. The van der Waals surface area contributed by atoms with Crippen molar-refractivity contribution < 1.29 is 4.52 Å². The summed E-state index contributed by atoms with van der Waals surface area (Å²) in [5.74, 6) is 0.742. The molecule has 98 valence electrons. The number of aromatic nitrogens is 3. The highest BCUT2D eigenvalue weighted by Crippen LogP contribution is 2.20. The molecule has 0 aliphatic rings. The Morgan fingerprint density at radius 3 is 2.84 bits per heavy atom. The molecule has 3 rings (SSSR count). The van der Waals surface area contributed by atoms with Crippen molar-refractivity contribution in [1.82, 2.24) is 14.7 Å². The molecule has 0 aromatic carbocycles. The lowest BCUT2D eigenvalue weighted by molar-refractivity contribution is 0.392. The third kappa shape index (κ3) is 1.88. The zero-order valence-corrected chi connectivity index (χ0v) is 11.7. The topological polar surface area (TPSA) is 60.9 Å². The lowest BCUT2D eigenvalue weighted by atomic mass is 10.2. The Balaban J connectivity index is 2.12. The van der Waals surface area contributed by atoms with Gasteiger partial charge in [0.1, 0.15) is 10.5 Å². The number of thiophene rings is 1. The normalized spacial score (nSPS) is 11.3. The highest BCUT2D eigenvalue weighted by atomic mass is 32.1. The van der Waals surface area contributed by atoms with E-state index in [0.29, 0.717) is 11.2 Å². The number of fused-ring (bicyclic) bond motifs is 1. The second kappa shape index (κ2) is 4.31. The zero-order valence-electron chi connectivity index (χ0n) is 10.9. The Labute approximate surface area is 113 Å². The van der Waals surface area contributed by atoms with E-state index in [-0.39, 0.29) is 5.56 Å². The highest BCUT2D eigenvalue weighted by Gasteiger charge is 2.13. The quantitative estimate of drug-likeness (QED) is 0.720. The van der Waals surface area contributed by atoms with Crippen LogP contribution in [0.5, 0.6) is 0 Å². The first-order valence-corrected chi connectivity index (χ1v) is 6.81. The van der Waals surface area contributed by atoms with Gasteiger partial charge in [0.25, 0.3) is 5.56 Å². The largest absolute Gasteiger partial charge is 0.361 e. The van der Waals surface area contributed by atoms with E-state index in [1.165, 1.54) is 11.3 Å². The maximum absolute atomic E-state index is 12.4. The summed E-state index contributed by atoms with van der Waals surface area (Å²) < 4.78 is 7.42. The van der Waals surface area contributed by atoms with Crippen molar-refractivity contribution in [3.05, 3.63) is 44.6 Å². The van der Waals surface area contributed by atoms with E-state index in [0.717, 1.165) is 28.1 Å². The van der Waals surface area contributed by atoms with Crippen LogP contribution in [0.2, 0.25) is 0 Å². The third-order valence-corrected chi connectivity index (χ3v) is 4.31. The Morgan fingerprint density at radius 1 is 1.37 bits per heavy atom. The van der Waals surface area contributed by atoms with E-state index < -0.39 is 0 Å². The van der Waals surface area contributed by atoms with Gasteiger partial charge in [-0.25, -0.2) is 4.98 Å². The molecule has 0 saturated heterocycles. The second-order valence-corrected chi connectivity index (χ2v) is 5.46. The predicted octanol–water partition coefficient (Wildman–Crippen LogP) is 2.42. The number of hydrogen-bond donors (Lipinski definition) is 0. The van der Waals surface area contributed by atoms with Crippen LogP contribution in [-0.2, 0) is 6.54 Å². The Morgan fingerprint density at radius 2 is 2.16 bits per heavy atom. The lowest BCUT2D eigenvalue weighted by Crippen LogP contribution is -2.20. The number of aryl methyl sites for hydroxylation is 3. The van der Waals surface area contributed by atoms with Crippen LogP contribution in [0.1, 0.15) is 22.6 Å². The molecule has 0 aliphatic heterocycles. The van der Waals surface area contributed by atoms with Gasteiger partial charge in [-0.15, -0.1) is 11.3 Å². The molecule has 0 aliphatic carbocycles. The van der Waals surface area contributed by atoms with Crippen molar-refractivity contribution in [2.75, 3.05) is 0 Å². The van der Waals surface area contributed by atoms with Crippen LogP contribution in [0, 0.1) is 20.8 Å². The van der Waals surface area contributed by atoms with E-state index in [2.05, 4.69) is 10.1 Å². The molecule has 0 N–H and O–H groups in total. The number of nitrogens with zero attached hydrogens (tertiary/aromatic N) is 3. The maximum Gasteiger partial charge on any atom is 0.271 e. The molecule has 0 saturated carbocycles. The summed E-state index contributed by atoms with van der Waals surface area (Å²) in [6.07, 6.45) is 1.59. The minimum atomic E-state index is -0.0110. The molecule has 0 radical (unpaired) electrons. The average molecular weight is 275 g/mol. The van der Waals surface area contributed by atoms with Crippen LogP contribution in [0.3, 0.4) is 0 Å². The monoisotopic (exact) mass is 275 g/mol. The van der Waals surface area contributed by atoms with Crippen LogP contribution in [-0.4, -0.2) is 14.7 Å². The number of hydrogen-bond acceptors (Lipinski definition) is 5. The van der Waals surface area contributed by atoms with Gasteiger partial charge in [-0.1, -0.05) is 5.16 Å². The standard InChI is InChI=1S/C13H13N3O2S/c1-7-5-19-12-11(7)14-6-16(13(12)17)4-10-8(2)15-18-9(10)3/h5-6H,4H2,1-3H3. The molecule has 19 heavy (non-hydrogen) atoms. The van der Waals surface area contributed by atoms with Crippen LogP contribution < -0.4 is 5.56 Å². The minimum absolute atomic E-state index is 0.0110. The lowest BCUT2D eigenvalue weighted by Gasteiger charge is -2.04. The average Bonchev–Trinajstić information content (AvgIpc) is 2.91. The van der Waals surface area contributed by atoms with Crippen molar-refractivity contribution in [1.29, 1.82) is 0 Å². The predicted molar refractivity (Wildman–Crippen MR) is 73.7 cm³/mol. The van der Waals surface area contributed by atoms with Gasteiger partial charge in [-0.2, -0.15) is 0 Å². The first-order valence-electron chi connectivity index (χ1n) is 5.93. The zero-order chi connectivity index (χ0) is 13.6. The minimum Gasteiger partial charge on any atom is -0.361 e. The Hall–Kier alpha value is -1.95. The van der Waals surface area contributed by atoms with Crippen molar-refractivity contribution >= 4 is 21.6 Å². The molecule has 5 nitrogen and oxygen atoms in total. The summed E-state index contributed by atoms with van der Waals surface area (Å²) in [6.45, 7) is 6.13. The van der Waals surface area contributed by atoms with E-state index in [1.807, 2.05) is 26.2 Å². The summed E-state index contributed by atoms with van der Waals surface area (Å²) in [5, 5.41) is 5.86. The number of rotatable bonds is 2. The molecule has 3 aromatic heterocycles. The fourth-order valence-corrected chi connectivity index (χ4v) is 3.02. The highest BCUT2D eigenvalue weighted by molar-refractivity contribution is 7.17. The fourth-order valence-electron chi connectivity index (χ4n) is 2.07. The molecule has 0 atom stereocenters. The van der Waals surface area contributed by atoms with E-state index in [4.69, 9.17) is 4.52 Å². The van der Waals surface area contributed by atoms with E-state index in [1.54, 1.807) is 10.9 Å². The molecule has 3 heterocycles. The van der Waals surface area contributed by atoms with Crippen molar-refractivity contribution in [2.24, 2.45) is 0 Å². The molecule has 0 amide bonds. The van der Waals surface area contributed by atoms with Crippen LogP contribution in [0.25, 0.3) is 10.2 Å². The van der Waals surface area contributed by atoms with Crippen LogP contribution in [0.4, 0.5) is 0 Å². The summed E-state index contributed by atoms with van der Waals surface area (Å²) >= 11 is 1.44. The maximum atomic E-state index is 12.4.